The molecule has 5 nitrogen and oxygen atoms in total. The molecule has 1 aromatic rings. The largest absolute Gasteiger partial charge is 0.496 e. The normalized spacial score (nSPS) is 8.32. The molecule has 0 fully saturated rings. The summed E-state index contributed by atoms with van der Waals surface area (Å²) in [6, 6.07) is 10.2. The van der Waals surface area contributed by atoms with E-state index in [9.17, 15) is 0 Å². The van der Waals surface area contributed by atoms with E-state index in [4.69, 9.17) is 25.8 Å². The number of methoxy groups -OCH3 is 1. The van der Waals surface area contributed by atoms with Crippen LogP contribution >= 0.6 is 0 Å². The molecule has 0 saturated carbocycles. The minimum atomic E-state index is -0.0815. The van der Waals surface area contributed by atoms with Crippen LogP contribution in [0.3, 0.4) is 0 Å². The van der Waals surface area contributed by atoms with Gasteiger partial charge in [0.2, 0.25) is 0 Å². The lowest BCUT2D eigenvalue weighted by atomic mass is 10.0. The summed E-state index contributed by atoms with van der Waals surface area (Å²) in [5.41, 5.74) is 0.497. The third-order valence-electron chi connectivity index (χ3n) is 2.53. The highest BCUT2D eigenvalue weighted by Gasteiger charge is 2.06. The Kier molecular flexibility index (Phi) is 4.26. The Morgan fingerprint density at radius 3 is 1.79 bits per heavy atom. The van der Waals surface area contributed by atoms with E-state index < -0.39 is 0 Å². The third kappa shape index (κ3) is 2.52. The summed E-state index contributed by atoms with van der Waals surface area (Å²) < 4.78 is 5.11. The van der Waals surface area contributed by atoms with Gasteiger partial charge < -0.3 is 4.74 Å². The molecule has 1 rings (SSSR count). The highest BCUT2D eigenvalue weighted by atomic mass is 16.5. The van der Waals surface area contributed by atoms with E-state index >= 15 is 0 Å². The maximum atomic E-state index is 8.89. The van der Waals surface area contributed by atoms with Crippen LogP contribution in [0.2, 0.25) is 0 Å². The fourth-order valence-corrected chi connectivity index (χ4v) is 1.61. The van der Waals surface area contributed by atoms with E-state index in [1.807, 2.05) is 0 Å². The van der Waals surface area contributed by atoms with Crippen LogP contribution in [-0.4, -0.2) is 7.11 Å². The molecule has 0 atom stereocenters. The molecule has 0 heterocycles. The third-order valence-corrected chi connectivity index (χ3v) is 2.53. The summed E-state index contributed by atoms with van der Waals surface area (Å²) in [4.78, 5) is 0. The summed E-state index contributed by atoms with van der Waals surface area (Å²) in [6.07, 6.45) is 0. The molecular formula is C14H8N4O. The molecule has 0 aromatic heterocycles. The van der Waals surface area contributed by atoms with Crippen molar-refractivity contribution in [3.63, 3.8) is 0 Å². The van der Waals surface area contributed by atoms with Crippen LogP contribution in [0.5, 0.6) is 5.75 Å². The first-order chi connectivity index (χ1) is 9.12. The highest BCUT2D eigenvalue weighted by Crippen LogP contribution is 2.04. The number of nitrogens with zero attached hydrogens (tertiary/aromatic N) is 4. The van der Waals surface area contributed by atoms with E-state index in [0.29, 0.717) is 16.0 Å². The van der Waals surface area contributed by atoms with Crippen molar-refractivity contribution in [3.05, 3.63) is 28.1 Å². The van der Waals surface area contributed by atoms with Gasteiger partial charge in [-0.1, -0.05) is 0 Å². The number of nitriles is 4. The predicted molar refractivity (Wildman–Crippen MR) is 66.2 cm³/mol. The van der Waals surface area contributed by atoms with Crippen molar-refractivity contribution in [2.45, 2.75) is 6.92 Å². The maximum absolute atomic E-state index is 8.89. The van der Waals surface area contributed by atoms with Crippen LogP contribution < -0.4 is 15.2 Å². The van der Waals surface area contributed by atoms with E-state index in [-0.39, 0.29) is 16.9 Å². The predicted octanol–water partition coefficient (Wildman–Crippen LogP) is 0.399. The topological polar surface area (TPSA) is 104 Å². The lowest BCUT2D eigenvalue weighted by molar-refractivity contribution is 0.411. The molecule has 0 aliphatic carbocycles. The summed E-state index contributed by atoms with van der Waals surface area (Å²) in [6.45, 7) is 1.69. The Bertz CT molecular complexity index is 776. The standard InChI is InChI=1S/C14H8N4O/c1-9-3-13(11(7-17)8-18)14(19-2)4-12(9)10(5-15)6-16/h3-4H,1-2H3. The summed E-state index contributed by atoms with van der Waals surface area (Å²) >= 11 is 0. The van der Waals surface area contributed by atoms with E-state index in [2.05, 4.69) is 0 Å². The Hall–Kier alpha value is -3.28. The maximum Gasteiger partial charge on any atom is 0.140 e. The molecule has 0 unspecified atom stereocenters. The highest BCUT2D eigenvalue weighted by molar-refractivity contribution is 5.76. The van der Waals surface area contributed by atoms with Gasteiger partial charge >= 0.3 is 0 Å². The van der Waals surface area contributed by atoms with Gasteiger partial charge in [0, 0.05) is 10.4 Å². The summed E-state index contributed by atoms with van der Waals surface area (Å²) in [5, 5.41) is 36.3. The summed E-state index contributed by atoms with van der Waals surface area (Å²) in [5.74, 6) is 0.279. The molecule has 0 amide bonds. The molecule has 0 spiro atoms. The SMILES string of the molecule is COc1cc(=C(C#N)C#N)c(C)cc1=C(C#N)C#N. The Balaban J connectivity index is 4.01. The Labute approximate surface area is 110 Å². The van der Waals surface area contributed by atoms with Gasteiger partial charge in [-0.15, -0.1) is 0 Å². The first-order valence-corrected chi connectivity index (χ1v) is 5.16. The lowest BCUT2D eigenvalue weighted by Crippen LogP contribution is -2.19. The van der Waals surface area contributed by atoms with Gasteiger partial charge in [0.05, 0.1) is 7.11 Å². The molecule has 5 heteroatoms. The number of hydrogen-bond acceptors (Lipinski definition) is 5. The monoisotopic (exact) mass is 248 g/mol. The number of rotatable bonds is 1. The van der Waals surface area contributed by atoms with Crippen LogP contribution in [0.15, 0.2) is 12.1 Å². The van der Waals surface area contributed by atoms with Crippen LogP contribution in [0.25, 0.3) is 11.1 Å². The molecule has 0 aliphatic heterocycles. The average molecular weight is 248 g/mol. The van der Waals surface area contributed by atoms with Crippen molar-refractivity contribution < 1.29 is 4.74 Å². The van der Waals surface area contributed by atoms with E-state index in [0.717, 1.165) is 0 Å². The molecule has 0 bridgehead atoms. The second-order valence-corrected chi connectivity index (χ2v) is 3.56. The second-order valence-electron chi connectivity index (χ2n) is 3.56. The van der Waals surface area contributed by atoms with Crippen LogP contribution in [0.4, 0.5) is 0 Å². The molecule has 0 aliphatic rings. The summed E-state index contributed by atoms with van der Waals surface area (Å²) in [7, 11) is 1.39. The van der Waals surface area contributed by atoms with Crippen molar-refractivity contribution in [2.24, 2.45) is 0 Å². The zero-order valence-corrected chi connectivity index (χ0v) is 10.4. The smallest absolute Gasteiger partial charge is 0.140 e. The average Bonchev–Trinajstić information content (AvgIpc) is 2.43. The van der Waals surface area contributed by atoms with Crippen molar-refractivity contribution in [2.75, 3.05) is 7.11 Å². The van der Waals surface area contributed by atoms with Crippen LogP contribution in [0, 0.1) is 52.2 Å². The number of aryl methyl sites for hydroxylation is 1. The first-order valence-electron chi connectivity index (χ1n) is 5.16. The van der Waals surface area contributed by atoms with E-state index in [1.54, 1.807) is 37.3 Å². The van der Waals surface area contributed by atoms with Gasteiger partial charge in [0.15, 0.2) is 0 Å². The first kappa shape index (κ1) is 13.8. The second kappa shape index (κ2) is 5.87. The van der Waals surface area contributed by atoms with Gasteiger partial charge in [-0.05, 0) is 24.6 Å². The van der Waals surface area contributed by atoms with Crippen molar-refractivity contribution >= 4 is 11.1 Å². The molecular weight excluding hydrogens is 240 g/mol. The van der Waals surface area contributed by atoms with Gasteiger partial charge in [-0.3, -0.25) is 0 Å². The number of ether oxygens (including phenoxy) is 1. The van der Waals surface area contributed by atoms with Gasteiger partial charge in [0.25, 0.3) is 0 Å². The van der Waals surface area contributed by atoms with Crippen molar-refractivity contribution in [1.29, 1.82) is 21.0 Å². The fourth-order valence-electron chi connectivity index (χ4n) is 1.61. The molecule has 90 valence electrons. The molecule has 19 heavy (non-hydrogen) atoms. The number of hydrogen-bond donors (Lipinski definition) is 0. The molecule has 0 N–H and O–H groups in total. The minimum absolute atomic E-state index is 0.0437. The Morgan fingerprint density at radius 1 is 0.895 bits per heavy atom. The number of benzene rings is 1. The zero-order valence-electron chi connectivity index (χ0n) is 10.4. The molecule has 0 saturated heterocycles. The lowest BCUT2D eigenvalue weighted by Gasteiger charge is -2.04. The van der Waals surface area contributed by atoms with Crippen LogP contribution in [-0.2, 0) is 0 Å². The molecule has 0 radical (unpaired) electrons. The Morgan fingerprint density at radius 2 is 1.37 bits per heavy atom. The zero-order chi connectivity index (χ0) is 14.4. The van der Waals surface area contributed by atoms with Crippen LogP contribution in [0.1, 0.15) is 5.56 Å². The quantitative estimate of drug-likeness (QED) is 0.715. The van der Waals surface area contributed by atoms with Gasteiger partial charge in [-0.2, -0.15) is 21.0 Å². The van der Waals surface area contributed by atoms with Gasteiger partial charge in [0.1, 0.15) is 41.2 Å². The van der Waals surface area contributed by atoms with Crippen molar-refractivity contribution in [1.82, 2.24) is 0 Å². The van der Waals surface area contributed by atoms with E-state index in [1.165, 1.54) is 13.2 Å². The molecule has 1 aromatic carbocycles. The van der Waals surface area contributed by atoms with Crippen molar-refractivity contribution in [3.8, 4) is 30.0 Å². The van der Waals surface area contributed by atoms with Gasteiger partial charge in [-0.25, -0.2) is 0 Å². The fraction of sp³-hybridized carbons (Fsp3) is 0.143. The minimum Gasteiger partial charge on any atom is -0.496 e.